The number of hydrogen-bond donors (Lipinski definition) is 1. The van der Waals surface area contributed by atoms with E-state index in [9.17, 15) is 0 Å². The lowest BCUT2D eigenvalue weighted by atomic mass is 10.1. The van der Waals surface area contributed by atoms with E-state index in [2.05, 4.69) is 66.3 Å². The Morgan fingerprint density at radius 3 is 2.73 bits per heavy atom. The lowest BCUT2D eigenvalue weighted by Gasteiger charge is -2.05. The average Bonchev–Trinajstić information content (AvgIpc) is 2.18. The summed E-state index contributed by atoms with van der Waals surface area (Å²) >= 11 is 3.50. The van der Waals surface area contributed by atoms with Gasteiger partial charge in [-0.05, 0) is 38.0 Å². The van der Waals surface area contributed by atoms with Crippen LogP contribution in [0.15, 0.2) is 34.3 Å². The molecule has 0 amide bonds. The molecule has 0 spiro atoms. The molecule has 0 saturated heterocycles. The van der Waals surface area contributed by atoms with Crippen LogP contribution >= 0.6 is 15.9 Å². The SMILES string of the molecule is CC(C)=CCNCc1ccc(Br)c(C)c1. The molecule has 1 nitrogen and oxygen atoms in total. The Labute approximate surface area is 101 Å². The van der Waals surface area contributed by atoms with Crippen LogP contribution in [0.2, 0.25) is 0 Å². The van der Waals surface area contributed by atoms with Gasteiger partial charge in [-0.25, -0.2) is 0 Å². The molecule has 0 aromatic heterocycles. The summed E-state index contributed by atoms with van der Waals surface area (Å²) in [5.41, 5.74) is 3.98. The molecule has 1 N–H and O–H groups in total. The van der Waals surface area contributed by atoms with Crippen molar-refractivity contribution in [3.63, 3.8) is 0 Å². The summed E-state index contributed by atoms with van der Waals surface area (Å²) in [7, 11) is 0. The third-order valence-corrected chi connectivity index (χ3v) is 3.10. The molecule has 0 radical (unpaired) electrons. The zero-order valence-electron chi connectivity index (χ0n) is 9.60. The van der Waals surface area contributed by atoms with Crippen LogP contribution in [0.3, 0.4) is 0 Å². The molecule has 2 heteroatoms. The standard InChI is InChI=1S/C13H18BrN/c1-10(2)6-7-15-9-12-4-5-13(14)11(3)8-12/h4-6,8,15H,7,9H2,1-3H3. The van der Waals surface area contributed by atoms with E-state index in [1.165, 1.54) is 21.2 Å². The fourth-order valence-corrected chi connectivity index (χ4v) is 1.56. The van der Waals surface area contributed by atoms with Crippen molar-refractivity contribution in [1.29, 1.82) is 0 Å². The minimum Gasteiger partial charge on any atom is -0.309 e. The van der Waals surface area contributed by atoms with E-state index in [-0.39, 0.29) is 0 Å². The molecule has 0 aliphatic carbocycles. The smallest absolute Gasteiger partial charge is 0.0208 e. The van der Waals surface area contributed by atoms with Crippen molar-refractivity contribution in [3.05, 3.63) is 45.4 Å². The highest BCUT2D eigenvalue weighted by Gasteiger charge is 1.96. The summed E-state index contributed by atoms with van der Waals surface area (Å²) in [5, 5.41) is 3.39. The maximum Gasteiger partial charge on any atom is 0.0208 e. The number of hydrogen-bond acceptors (Lipinski definition) is 1. The van der Waals surface area contributed by atoms with Gasteiger partial charge in [-0.15, -0.1) is 0 Å². The highest BCUT2D eigenvalue weighted by Crippen LogP contribution is 2.16. The third-order valence-electron chi connectivity index (χ3n) is 2.21. The minimum atomic E-state index is 0.928. The fraction of sp³-hybridized carbons (Fsp3) is 0.385. The molecule has 0 fully saturated rings. The fourth-order valence-electron chi connectivity index (χ4n) is 1.31. The van der Waals surface area contributed by atoms with E-state index in [1.807, 2.05) is 0 Å². The van der Waals surface area contributed by atoms with E-state index in [4.69, 9.17) is 0 Å². The van der Waals surface area contributed by atoms with Gasteiger partial charge in [0.2, 0.25) is 0 Å². The zero-order valence-corrected chi connectivity index (χ0v) is 11.2. The van der Waals surface area contributed by atoms with Gasteiger partial charge in [-0.3, -0.25) is 0 Å². The van der Waals surface area contributed by atoms with Crippen molar-refractivity contribution in [2.24, 2.45) is 0 Å². The summed E-state index contributed by atoms with van der Waals surface area (Å²) in [4.78, 5) is 0. The molecule has 1 aromatic carbocycles. The molecule has 82 valence electrons. The van der Waals surface area contributed by atoms with Crippen LogP contribution in [-0.4, -0.2) is 6.54 Å². The first-order valence-electron chi connectivity index (χ1n) is 5.18. The summed E-state index contributed by atoms with van der Waals surface area (Å²) in [6, 6.07) is 6.46. The number of rotatable bonds is 4. The van der Waals surface area contributed by atoms with E-state index in [1.54, 1.807) is 0 Å². The average molecular weight is 268 g/mol. The summed E-state index contributed by atoms with van der Waals surface area (Å²) in [6.07, 6.45) is 2.20. The first-order chi connectivity index (χ1) is 7.09. The van der Waals surface area contributed by atoms with E-state index < -0.39 is 0 Å². The predicted molar refractivity (Wildman–Crippen MR) is 70.0 cm³/mol. The summed E-state index contributed by atoms with van der Waals surface area (Å²) in [5.74, 6) is 0. The van der Waals surface area contributed by atoms with Crippen molar-refractivity contribution in [1.82, 2.24) is 5.32 Å². The maximum atomic E-state index is 3.50. The van der Waals surface area contributed by atoms with Crippen molar-refractivity contribution in [2.45, 2.75) is 27.3 Å². The molecule has 1 rings (SSSR count). The van der Waals surface area contributed by atoms with Crippen LogP contribution in [0, 0.1) is 6.92 Å². The van der Waals surface area contributed by atoms with Gasteiger partial charge in [0.05, 0.1) is 0 Å². The van der Waals surface area contributed by atoms with E-state index in [0.717, 1.165) is 13.1 Å². The topological polar surface area (TPSA) is 12.0 Å². The highest BCUT2D eigenvalue weighted by atomic mass is 79.9. The van der Waals surface area contributed by atoms with Gasteiger partial charge < -0.3 is 5.32 Å². The molecule has 0 heterocycles. The van der Waals surface area contributed by atoms with Gasteiger partial charge in [0.15, 0.2) is 0 Å². The largest absolute Gasteiger partial charge is 0.309 e. The first kappa shape index (κ1) is 12.5. The zero-order chi connectivity index (χ0) is 11.3. The third kappa shape index (κ3) is 4.63. The van der Waals surface area contributed by atoms with Gasteiger partial charge in [0.1, 0.15) is 0 Å². The molecule has 0 aliphatic rings. The summed E-state index contributed by atoms with van der Waals surface area (Å²) in [6.45, 7) is 8.22. The van der Waals surface area contributed by atoms with Crippen LogP contribution in [0.25, 0.3) is 0 Å². The number of benzene rings is 1. The Balaban J connectivity index is 2.44. The second kappa shape index (κ2) is 6.09. The van der Waals surface area contributed by atoms with Crippen LogP contribution in [-0.2, 0) is 6.54 Å². The molecule has 0 unspecified atom stereocenters. The highest BCUT2D eigenvalue weighted by molar-refractivity contribution is 9.10. The Morgan fingerprint density at radius 2 is 2.13 bits per heavy atom. The summed E-state index contributed by atoms with van der Waals surface area (Å²) < 4.78 is 1.18. The van der Waals surface area contributed by atoms with Crippen molar-refractivity contribution >= 4 is 15.9 Å². The second-order valence-corrected chi connectivity index (χ2v) is 4.85. The normalized spacial score (nSPS) is 10.1. The van der Waals surface area contributed by atoms with Gasteiger partial charge >= 0.3 is 0 Å². The molecule has 0 bridgehead atoms. The van der Waals surface area contributed by atoms with Crippen LogP contribution < -0.4 is 5.32 Å². The molecule has 0 saturated carbocycles. The Bertz CT molecular complexity index is 352. The molecular formula is C13H18BrN. The lowest BCUT2D eigenvalue weighted by Crippen LogP contribution is -2.13. The van der Waals surface area contributed by atoms with E-state index >= 15 is 0 Å². The number of aryl methyl sites for hydroxylation is 1. The van der Waals surface area contributed by atoms with Gasteiger partial charge in [-0.1, -0.05) is 39.7 Å². The molecule has 0 atom stereocenters. The van der Waals surface area contributed by atoms with Crippen molar-refractivity contribution < 1.29 is 0 Å². The van der Waals surface area contributed by atoms with Gasteiger partial charge in [0, 0.05) is 17.6 Å². The first-order valence-corrected chi connectivity index (χ1v) is 5.98. The van der Waals surface area contributed by atoms with E-state index in [0.29, 0.717) is 0 Å². The molecule has 1 aromatic rings. The quantitative estimate of drug-likeness (QED) is 0.646. The van der Waals surface area contributed by atoms with Crippen molar-refractivity contribution in [2.75, 3.05) is 6.54 Å². The van der Waals surface area contributed by atoms with Crippen LogP contribution in [0.1, 0.15) is 25.0 Å². The molecular weight excluding hydrogens is 250 g/mol. The van der Waals surface area contributed by atoms with Crippen LogP contribution in [0.4, 0.5) is 0 Å². The van der Waals surface area contributed by atoms with Gasteiger partial charge in [0.25, 0.3) is 0 Å². The number of allylic oxidation sites excluding steroid dienone is 1. The van der Waals surface area contributed by atoms with Gasteiger partial charge in [-0.2, -0.15) is 0 Å². The number of nitrogens with one attached hydrogen (secondary N) is 1. The molecule has 15 heavy (non-hydrogen) atoms. The van der Waals surface area contributed by atoms with Crippen molar-refractivity contribution in [3.8, 4) is 0 Å². The minimum absolute atomic E-state index is 0.928. The predicted octanol–water partition coefficient (Wildman–Crippen LogP) is 3.81. The van der Waals surface area contributed by atoms with Crippen LogP contribution in [0.5, 0.6) is 0 Å². The Kier molecular flexibility index (Phi) is 5.06. The Hall–Kier alpha value is -0.600. The monoisotopic (exact) mass is 267 g/mol. The lowest BCUT2D eigenvalue weighted by molar-refractivity contribution is 0.756. The number of halogens is 1. The Morgan fingerprint density at radius 1 is 1.40 bits per heavy atom. The molecule has 0 aliphatic heterocycles. The maximum absolute atomic E-state index is 3.50. The second-order valence-electron chi connectivity index (χ2n) is 4.00.